The zero-order chi connectivity index (χ0) is 51.7. The van der Waals surface area contributed by atoms with Gasteiger partial charge in [0.15, 0.2) is 23.5 Å². The summed E-state index contributed by atoms with van der Waals surface area (Å²) >= 11 is 0. The third kappa shape index (κ3) is 9.97. The third-order valence-electron chi connectivity index (χ3n) is 13.6. The number of Topliss-reactive ketones (excluding diaryl/α,β-unsaturated/α-hetero) is 1. The molecule has 1 aliphatic carbocycles. The van der Waals surface area contributed by atoms with Crippen LogP contribution in [0.2, 0.25) is 0 Å². The number of benzene rings is 3. The molecule has 19 heteroatoms. The molecule has 4 aromatic rings. The number of ether oxygens (including phenoxy) is 6. The van der Waals surface area contributed by atoms with Gasteiger partial charge in [-0.15, -0.1) is 0 Å². The highest BCUT2D eigenvalue weighted by Crippen LogP contribution is 2.41. The van der Waals surface area contributed by atoms with Crippen LogP contribution < -0.4 is 19.1 Å². The van der Waals surface area contributed by atoms with E-state index in [1.165, 1.54) is 41.9 Å². The summed E-state index contributed by atoms with van der Waals surface area (Å²) in [7, 11) is 4.43. The molecule has 1 unspecified atom stereocenters. The second-order valence-corrected chi connectivity index (χ2v) is 18.5. The lowest BCUT2D eigenvalue weighted by atomic mass is 10.0. The van der Waals surface area contributed by atoms with Crippen molar-refractivity contribution in [2.24, 2.45) is 12.0 Å². The Bertz CT molecular complexity index is 3010. The molecule has 2 N–H and O–H groups in total. The van der Waals surface area contributed by atoms with Crippen molar-refractivity contribution < 1.29 is 67.4 Å². The maximum absolute atomic E-state index is 14.1. The Morgan fingerprint density at radius 2 is 1.47 bits per heavy atom. The van der Waals surface area contributed by atoms with Crippen LogP contribution in [0.25, 0.3) is 0 Å². The van der Waals surface area contributed by atoms with Crippen LogP contribution in [0.3, 0.4) is 0 Å². The maximum atomic E-state index is 14.1. The smallest absolute Gasteiger partial charge is 0.416 e. The largest absolute Gasteiger partial charge is 0.493 e. The van der Waals surface area contributed by atoms with E-state index in [-0.39, 0.29) is 85.2 Å². The molecule has 2 saturated heterocycles. The van der Waals surface area contributed by atoms with Gasteiger partial charge in [0.2, 0.25) is 11.6 Å². The fourth-order valence-corrected chi connectivity index (χ4v) is 9.73. The van der Waals surface area contributed by atoms with Crippen molar-refractivity contribution in [3.63, 3.8) is 0 Å². The molecule has 0 bridgehead atoms. The number of aliphatic hydroxyl groups excluding tert-OH is 2. The Hall–Kier alpha value is -8.03. The van der Waals surface area contributed by atoms with Gasteiger partial charge in [-0.05, 0) is 61.4 Å². The lowest BCUT2D eigenvalue weighted by Crippen LogP contribution is -2.50. The van der Waals surface area contributed by atoms with Gasteiger partial charge in [0.1, 0.15) is 24.7 Å². The Labute approximate surface area is 420 Å². The molecule has 5 heterocycles. The molecule has 2 fully saturated rings. The predicted octanol–water partition coefficient (Wildman–Crippen LogP) is 6.08. The minimum atomic E-state index is -1.52. The molecule has 3 aromatic carbocycles. The summed E-state index contributed by atoms with van der Waals surface area (Å²) in [6.07, 6.45) is 3.17. The fourth-order valence-electron chi connectivity index (χ4n) is 9.73. The summed E-state index contributed by atoms with van der Waals surface area (Å²) in [6, 6.07) is 13.6. The molecule has 73 heavy (non-hydrogen) atoms. The fraction of sp³-hybridized carbons (Fsp3) is 0.352. The second kappa shape index (κ2) is 21.0. The number of unbranched alkanes of at least 4 members (excludes halogenated alkanes) is 2. The number of hydrogen-bond acceptors (Lipinski definition) is 15. The van der Waals surface area contributed by atoms with Crippen LogP contribution >= 0.6 is 0 Å². The highest BCUT2D eigenvalue weighted by molar-refractivity contribution is 6.23. The van der Waals surface area contributed by atoms with Crippen molar-refractivity contribution in [3.05, 3.63) is 136 Å². The first kappa shape index (κ1) is 49.9. The first-order valence-corrected chi connectivity index (χ1v) is 23.8. The summed E-state index contributed by atoms with van der Waals surface area (Å²) < 4.78 is 35.7. The van der Waals surface area contributed by atoms with Crippen molar-refractivity contribution in [2.75, 3.05) is 45.4 Å². The zero-order valence-electron chi connectivity index (χ0n) is 40.7. The van der Waals surface area contributed by atoms with E-state index in [0.29, 0.717) is 89.5 Å². The first-order valence-electron chi connectivity index (χ1n) is 23.8. The van der Waals surface area contributed by atoms with Crippen molar-refractivity contribution in [2.45, 2.75) is 76.7 Å². The summed E-state index contributed by atoms with van der Waals surface area (Å²) in [5.41, 5.74) is 5.03. The Kier molecular flexibility index (Phi) is 14.3. The minimum Gasteiger partial charge on any atom is -0.493 e. The SMILES string of the molecule is C=C1C[C@H]2C=Nc3cc(OCCCCCOc4cc5c(cc4CO)C(=O)N4CC(=C)C[C@H]4C(O)N5C(=O)OCc4ccc(CC(=O)OCc5cc6c(n5C)C(=O)C=C(OC)C6=O)cc4)c(OC)cc3C(=O)N2C1. The number of carbonyl (C=O) groups is 6. The van der Waals surface area contributed by atoms with Crippen LogP contribution in [0.4, 0.5) is 16.2 Å². The number of aliphatic hydroxyl groups is 2. The topological polar surface area (TPSA) is 225 Å². The Balaban J connectivity index is 0.809. The monoisotopic (exact) mass is 997 g/mol. The number of allylic oxidation sites excluding steroid dienone is 2. The Morgan fingerprint density at radius 3 is 2.19 bits per heavy atom. The molecule has 0 saturated carbocycles. The molecule has 1 aromatic heterocycles. The van der Waals surface area contributed by atoms with Crippen LogP contribution in [0, 0.1) is 0 Å². The Morgan fingerprint density at radius 1 is 0.767 bits per heavy atom. The van der Waals surface area contributed by atoms with Crippen LogP contribution in [0.5, 0.6) is 17.2 Å². The van der Waals surface area contributed by atoms with Gasteiger partial charge < -0.3 is 53.0 Å². The standard InChI is InChI=1S/C54H55N5O14/c1-30-15-35-24-55-40-21-46(45(68-4)20-37(40)51(64)57(35)25-30)71-14-8-6-7-13-70-44-22-41-38(18-34(44)27-60)52(65)58-26-31(2)16-42(58)53(66)59(41)54(67)73-28-33-11-9-32(10-12-33)17-48(62)72-29-36-19-39-49(56(36)3)43(61)23-47(69-5)50(39)63/h9-12,18-24,35,42,53,60,66H,1-2,6-8,13-17,25-29H2,3-5H3/t35-,42-,53?/m0/s1. The van der Waals surface area contributed by atoms with E-state index in [1.54, 1.807) is 54.6 Å². The average Bonchev–Trinajstić information content (AvgIpc) is 4.04. The normalized spacial score (nSPS) is 18.8. The number of fused-ring (bicyclic) bond motifs is 5. The van der Waals surface area contributed by atoms with Crippen molar-refractivity contribution in [1.82, 2.24) is 14.4 Å². The predicted molar refractivity (Wildman–Crippen MR) is 263 cm³/mol. The van der Waals surface area contributed by atoms with Gasteiger partial charge in [-0.3, -0.25) is 29.0 Å². The van der Waals surface area contributed by atoms with Gasteiger partial charge in [0, 0.05) is 50.1 Å². The number of esters is 1. The van der Waals surface area contributed by atoms with E-state index in [1.807, 2.05) is 0 Å². The lowest BCUT2D eigenvalue weighted by molar-refractivity contribution is -0.144. The first-order chi connectivity index (χ1) is 35.2. The molecule has 380 valence electrons. The van der Waals surface area contributed by atoms with Crippen molar-refractivity contribution in [3.8, 4) is 17.2 Å². The zero-order valence-corrected chi connectivity index (χ0v) is 40.7. The van der Waals surface area contributed by atoms with E-state index in [2.05, 4.69) is 18.2 Å². The van der Waals surface area contributed by atoms with Gasteiger partial charge >= 0.3 is 12.1 Å². The summed E-state index contributed by atoms with van der Waals surface area (Å²) in [4.78, 5) is 88.6. The quantitative estimate of drug-likeness (QED) is 0.0695. The summed E-state index contributed by atoms with van der Waals surface area (Å²) in [5, 5.41) is 22.3. The van der Waals surface area contributed by atoms with Gasteiger partial charge in [0.25, 0.3) is 11.8 Å². The minimum absolute atomic E-state index is 0.0497. The molecule has 19 nitrogen and oxygen atoms in total. The highest BCUT2D eigenvalue weighted by atomic mass is 16.6. The van der Waals surface area contributed by atoms with E-state index in [0.717, 1.165) is 16.5 Å². The summed E-state index contributed by atoms with van der Waals surface area (Å²) in [6.45, 7) is 8.39. The van der Waals surface area contributed by atoms with E-state index < -0.39 is 48.4 Å². The number of hydrogen-bond donors (Lipinski definition) is 2. The van der Waals surface area contributed by atoms with Crippen molar-refractivity contribution in [1.29, 1.82) is 0 Å². The molecular formula is C54H55N5O14. The molecule has 3 atom stereocenters. The van der Waals surface area contributed by atoms with Gasteiger partial charge in [0.05, 0.1) is 86.3 Å². The second-order valence-electron chi connectivity index (χ2n) is 18.5. The van der Waals surface area contributed by atoms with Crippen LogP contribution in [0.15, 0.2) is 95.7 Å². The molecular weight excluding hydrogens is 943 g/mol. The van der Waals surface area contributed by atoms with E-state index in [4.69, 9.17) is 28.4 Å². The van der Waals surface area contributed by atoms with Crippen LogP contribution in [0.1, 0.15) is 96.1 Å². The van der Waals surface area contributed by atoms with E-state index in [9.17, 15) is 39.0 Å². The number of rotatable bonds is 17. The van der Waals surface area contributed by atoms with Crippen LogP contribution in [-0.4, -0.2) is 125 Å². The molecule has 0 spiro atoms. The van der Waals surface area contributed by atoms with Crippen molar-refractivity contribution >= 4 is 53.0 Å². The number of carbonyl (C=O) groups excluding carboxylic acids is 6. The van der Waals surface area contributed by atoms with E-state index >= 15 is 0 Å². The number of nitrogens with zero attached hydrogens (tertiary/aromatic N) is 5. The third-order valence-corrected chi connectivity index (χ3v) is 13.6. The average molecular weight is 998 g/mol. The number of methoxy groups -OCH3 is 2. The molecule has 0 radical (unpaired) electrons. The molecule has 5 aliphatic rings. The highest BCUT2D eigenvalue weighted by Gasteiger charge is 2.46. The number of ketones is 2. The van der Waals surface area contributed by atoms with Gasteiger partial charge in [-0.2, -0.15) is 0 Å². The van der Waals surface area contributed by atoms with Gasteiger partial charge in [-0.25, -0.2) is 9.69 Å². The van der Waals surface area contributed by atoms with Crippen LogP contribution in [-0.2, 0) is 52.3 Å². The molecule has 4 aliphatic heterocycles. The number of aliphatic imine (C=N–C) groups is 1. The molecule has 3 amide bonds. The summed E-state index contributed by atoms with van der Waals surface area (Å²) in [5.74, 6) is -0.935. The number of amides is 3. The lowest BCUT2D eigenvalue weighted by Gasteiger charge is -2.31. The van der Waals surface area contributed by atoms with Gasteiger partial charge in [-0.1, -0.05) is 48.6 Å². The maximum Gasteiger partial charge on any atom is 0.416 e. The number of anilines is 1. The number of aromatic nitrogens is 1. The molecule has 9 rings (SSSR count).